The fourth-order valence-electron chi connectivity index (χ4n) is 3.94. The quantitative estimate of drug-likeness (QED) is 0.855. The average molecular weight is 275 g/mol. The number of aromatic nitrogens is 2. The van der Waals surface area contributed by atoms with Gasteiger partial charge in [0.25, 0.3) is 0 Å². The zero-order valence-corrected chi connectivity index (χ0v) is 12.8. The van der Waals surface area contributed by atoms with Crippen molar-refractivity contribution in [3.05, 3.63) is 17.2 Å². The summed E-state index contributed by atoms with van der Waals surface area (Å²) in [6, 6.07) is 0. The molecule has 4 nitrogen and oxygen atoms in total. The van der Waals surface area contributed by atoms with Crippen LogP contribution in [0.1, 0.15) is 43.9 Å². The van der Waals surface area contributed by atoms with Crippen molar-refractivity contribution < 1.29 is 4.79 Å². The summed E-state index contributed by atoms with van der Waals surface area (Å²) in [5.41, 5.74) is 2.36. The molecule has 1 amide bonds. The number of nitrogens with zero attached hydrogens (tertiary/aromatic N) is 2. The Kier molecular flexibility index (Phi) is 3.57. The first-order valence-corrected chi connectivity index (χ1v) is 7.86. The second-order valence-corrected chi connectivity index (χ2v) is 6.88. The van der Waals surface area contributed by atoms with Crippen molar-refractivity contribution in [3.8, 4) is 0 Å². The van der Waals surface area contributed by atoms with Gasteiger partial charge in [-0.15, -0.1) is 0 Å². The van der Waals surface area contributed by atoms with Crippen molar-refractivity contribution in [2.45, 2.75) is 46.5 Å². The van der Waals surface area contributed by atoms with E-state index >= 15 is 0 Å². The topological polar surface area (TPSA) is 49.0 Å². The smallest absolute Gasteiger partial charge is 0.226 e. The van der Waals surface area contributed by atoms with Crippen molar-refractivity contribution >= 4 is 5.91 Å². The number of piperidine rings is 1. The molecule has 0 spiro atoms. The Hall–Kier alpha value is -1.32. The number of nitrogens with one attached hydrogen (secondary N) is 1. The standard InChI is InChI=1S/C16H25N3O/c1-10-6-11(2)9-19(8-10)16(20)13-4-5-14-15(7-13)18-12(3)17-14/h10-11,13H,4-9H2,1-3H3,(H,17,18). The van der Waals surface area contributed by atoms with Gasteiger partial charge in [-0.2, -0.15) is 0 Å². The fraction of sp³-hybridized carbons (Fsp3) is 0.750. The van der Waals surface area contributed by atoms with Gasteiger partial charge in [-0.25, -0.2) is 4.98 Å². The highest BCUT2D eigenvalue weighted by Crippen LogP contribution is 2.28. The third-order valence-electron chi connectivity index (χ3n) is 4.69. The number of hydrogen-bond donors (Lipinski definition) is 1. The zero-order chi connectivity index (χ0) is 14.3. The molecule has 1 aromatic rings. The lowest BCUT2D eigenvalue weighted by Crippen LogP contribution is -2.46. The van der Waals surface area contributed by atoms with E-state index in [4.69, 9.17) is 0 Å². The summed E-state index contributed by atoms with van der Waals surface area (Å²) in [7, 11) is 0. The SMILES string of the molecule is Cc1nc2c([nH]1)CC(C(=O)N1CC(C)CC(C)C1)CC2. The Morgan fingerprint density at radius 3 is 2.70 bits per heavy atom. The molecule has 0 bridgehead atoms. The van der Waals surface area contributed by atoms with E-state index in [2.05, 4.69) is 28.7 Å². The van der Waals surface area contributed by atoms with E-state index in [1.165, 1.54) is 17.8 Å². The van der Waals surface area contributed by atoms with E-state index in [1.54, 1.807) is 0 Å². The van der Waals surface area contributed by atoms with Gasteiger partial charge in [-0.05, 0) is 38.0 Å². The Labute approximate surface area is 121 Å². The molecular formula is C16H25N3O. The predicted octanol–water partition coefficient (Wildman–Crippen LogP) is 2.33. The van der Waals surface area contributed by atoms with Crippen LogP contribution in [0.4, 0.5) is 0 Å². The summed E-state index contributed by atoms with van der Waals surface area (Å²) < 4.78 is 0. The average Bonchev–Trinajstić information content (AvgIpc) is 2.75. The molecule has 2 heterocycles. The molecule has 1 aliphatic heterocycles. The van der Waals surface area contributed by atoms with Crippen molar-refractivity contribution in [1.82, 2.24) is 14.9 Å². The van der Waals surface area contributed by atoms with E-state index in [0.29, 0.717) is 17.7 Å². The summed E-state index contributed by atoms with van der Waals surface area (Å²) in [6.07, 6.45) is 3.98. The van der Waals surface area contributed by atoms with Crippen LogP contribution in [0.5, 0.6) is 0 Å². The largest absolute Gasteiger partial charge is 0.346 e. The van der Waals surface area contributed by atoms with Crippen LogP contribution in [-0.4, -0.2) is 33.9 Å². The molecule has 0 radical (unpaired) electrons. The molecule has 0 saturated carbocycles. The molecule has 20 heavy (non-hydrogen) atoms. The number of carbonyl (C=O) groups excluding carboxylic acids is 1. The Bertz CT molecular complexity index is 498. The highest BCUT2D eigenvalue weighted by Gasteiger charge is 2.33. The van der Waals surface area contributed by atoms with E-state index in [0.717, 1.165) is 38.2 Å². The Morgan fingerprint density at radius 1 is 1.30 bits per heavy atom. The van der Waals surface area contributed by atoms with Gasteiger partial charge in [0.15, 0.2) is 0 Å². The molecule has 110 valence electrons. The summed E-state index contributed by atoms with van der Waals surface area (Å²) in [5, 5.41) is 0. The van der Waals surface area contributed by atoms with Crippen LogP contribution < -0.4 is 0 Å². The maximum absolute atomic E-state index is 12.8. The Morgan fingerprint density at radius 2 is 2.00 bits per heavy atom. The molecular weight excluding hydrogens is 250 g/mol. The number of H-pyrrole nitrogens is 1. The van der Waals surface area contributed by atoms with Gasteiger partial charge in [-0.3, -0.25) is 4.79 Å². The van der Waals surface area contributed by atoms with E-state index in [1.807, 2.05) is 6.92 Å². The summed E-state index contributed by atoms with van der Waals surface area (Å²) in [4.78, 5) is 22.7. The number of aryl methyl sites for hydroxylation is 2. The van der Waals surface area contributed by atoms with Crippen molar-refractivity contribution in [2.75, 3.05) is 13.1 Å². The highest BCUT2D eigenvalue weighted by atomic mass is 16.2. The predicted molar refractivity (Wildman–Crippen MR) is 78.4 cm³/mol. The molecule has 1 aromatic heterocycles. The molecule has 4 heteroatoms. The number of rotatable bonds is 1. The molecule has 3 unspecified atom stereocenters. The first-order chi connectivity index (χ1) is 9.52. The molecule has 2 aliphatic rings. The van der Waals surface area contributed by atoms with E-state index in [-0.39, 0.29) is 5.92 Å². The van der Waals surface area contributed by atoms with Crippen LogP contribution in [0.2, 0.25) is 0 Å². The first kappa shape index (κ1) is 13.7. The monoisotopic (exact) mass is 275 g/mol. The zero-order valence-electron chi connectivity index (χ0n) is 12.8. The molecule has 1 fully saturated rings. The number of amides is 1. The van der Waals surface area contributed by atoms with Crippen LogP contribution in [0, 0.1) is 24.7 Å². The number of likely N-dealkylation sites (tertiary alicyclic amines) is 1. The maximum Gasteiger partial charge on any atom is 0.226 e. The lowest BCUT2D eigenvalue weighted by atomic mass is 9.86. The van der Waals surface area contributed by atoms with Crippen molar-refractivity contribution in [2.24, 2.45) is 17.8 Å². The lowest BCUT2D eigenvalue weighted by Gasteiger charge is -2.37. The number of aromatic amines is 1. The summed E-state index contributed by atoms with van der Waals surface area (Å²) in [5.74, 6) is 2.76. The highest BCUT2D eigenvalue weighted by molar-refractivity contribution is 5.79. The number of fused-ring (bicyclic) bond motifs is 1. The third-order valence-corrected chi connectivity index (χ3v) is 4.69. The normalized spacial score (nSPS) is 30.1. The van der Waals surface area contributed by atoms with E-state index < -0.39 is 0 Å². The molecule has 3 atom stereocenters. The van der Waals surface area contributed by atoms with E-state index in [9.17, 15) is 4.79 Å². The maximum atomic E-state index is 12.8. The van der Waals surface area contributed by atoms with Gasteiger partial charge >= 0.3 is 0 Å². The van der Waals surface area contributed by atoms with Gasteiger partial charge in [0.2, 0.25) is 5.91 Å². The van der Waals surface area contributed by atoms with Gasteiger partial charge in [0, 0.05) is 31.1 Å². The van der Waals surface area contributed by atoms with Gasteiger partial charge in [-0.1, -0.05) is 13.8 Å². The Balaban J connectivity index is 1.69. The van der Waals surface area contributed by atoms with Crippen LogP contribution in [0.15, 0.2) is 0 Å². The van der Waals surface area contributed by atoms with Crippen molar-refractivity contribution in [3.63, 3.8) is 0 Å². The van der Waals surface area contributed by atoms with Gasteiger partial charge in [0.1, 0.15) is 5.82 Å². The van der Waals surface area contributed by atoms with Crippen LogP contribution in [-0.2, 0) is 17.6 Å². The van der Waals surface area contributed by atoms with Crippen molar-refractivity contribution in [1.29, 1.82) is 0 Å². The van der Waals surface area contributed by atoms with Crippen LogP contribution in [0.25, 0.3) is 0 Å². The molecule has 1 aliphatic carbocycles. The van der Waals surface area contributed by atoms with Crippen LogP contribution in [0.3, 0.4) is 0 Å². The van der Waals surface area contributed by atoms with Gasteiger partial charge in [0.05, 0.1) is 5.69 Å². The minimum Gasteiger partial charge on any atom is -0.346 e. The molecule has 0 aromatic carbocycles. The molecule has 1 N–H and O–H groups in total. The van der Waals surface area contributed by atoms with Crippen LogP contribution >= 0.6 is 0 Å². The van der Waals surface area contributed by atoms with Gasteiger partial charge < -0.3 is 9.88 Å². The lowest BCUT2D eigenvalue weighted by molar-refractivity contribution is -0.138. The minimum atomic E-state index is 0.153. The molecule has 3 rings (SSSR count). The number of carbonyl (C=O) groups is 1. The third kappa shape index (κ3) is 2.60. The molecule has 1 saturated heterocycles. The number of hydrogen-bond acceptors (Lipinski definition) is 2. The minimum absolute atomic E-state index is 0.153. The number of imidazole rings is 1. The summed E-state index contributed by atoms with van der Waals surface area (Å²) >= 11 is 0. The second-order valence-electron chi connectivity index (χ2n) is 6.88. The fourth-order valence-corrected chi connectivity index (χ4v) is 3.94. The second kappa shape index (κ2) is 5.23. The summed E-state index contributed by atoms with van der Waals surface area (Å²) in [6.45, 7) is 8.38. The first-order valence-electron chi connectivity index (χ1n) is 7.86.